The highest BCUT2D eigenvalue weighted by Gasteiger charge is 2.16. The number of nitrogens with one attached hydrogen (secondary N) is 1. The second-order valence-electron chi connectivity index (χ2n) is 4.42. The number of carbonyl (C=O) groups is 1. The second-order valence-corrected chi connectivity index (χ2v) is 4.42. The molecular formula is C11H25N3O. The van der Waals surface area contributed by atoms with Gasteiger partial charge in [-0.2, -0.15) is 0 Å². The van der Waals surface area contributed by atoms with Crippen molar-refractivity contribution in [3.63, 3.8) is 0 Å². The zero-order valence-corrected chi connectivity index (χ0v) is 10.4. The Morgan fingerprint density at radius 2 is 2.00 bits per heavy atom. The molecule has 0 fully saturated rings. The minimum Gasteiger partial charge on any atom is -0.355 e. The van der Waals surface area contributed by atoms with E-state index in [1.807, 2.05) is 18.9 Å². The van der Waals surface area contributed by atoms with Crippen molar-refractivity contribution in [2.24, 2.45) is 11.7 Å². The molecule has 0 aliphatic rings. The number of carbonyl (C=O) groups excluding carboxylic acids is 1. The molecule has 0 aromatic heterocycles. The van der Waals surface area contributed by atoms with Crippen LogP contribution in [0, 0.1) is 5.92 Å². The number of hydrogen-bond acceptors (Lipinski definition) is 3. The molecule has 0 aliphatic heterocycles. The first-order valence-corrected chi connectivity index (χ1v) is 5.67. The molecule has 4 nitrogen and oxygen atoms in total. The van der Waals surface area contributed by atoms with E-state index in [9.17, 15) is 4.79 Å². The van der Waals surface area contributed by atoms with Crippen molar-refractivity contribution in [1.29, 1.82) is 0 Å². The number of hydrogen-bond donors (Lipinski definition) is 2. The summed E-state index contributed by atoms with van der Waals surface area (Å²) in [6, 6.07) is -0.0966. The topological polar surface area (TPSA) is 58.4 Å². The Bertz CT molecular complexity index is 183. The van der Waals surface area contributed by atoms with E-state index < -0.39 is 0 Å². The van der Waals surface area contributed by atoms with Crippen LogP contribution in [0.1, 0.15) is 27.2 Å². The van der Waals surface area contributed by atoms with E-state index in [4.69, 9.17) is 5.73 Å². The van der Waals surface area contributed by atoms with Gasteiger partial charge in [0.05, 0.1) is 6.04 Å². The second kappa shape index (κ2) is 7.65. The molecule has 0 rings (SSSR count). The molecule has 0 bridgehead atoms. The molecule has 3 N–H and O–H groups in total. The van der Waals surface area contributed by atoms with Crippen LogP contribution in [0.25, 0.3) is 0 Å². The fourth-order valence-corrected chi connectivity index (χ4v) is 1.23. The number of likely N-dealkylation sites (N-methyl/N-ethyl adjacent to an activating group) is 1. The molecule has 1 atom stereocenters. The van der Waals surface area contributed by atoms with Gasteiger partial charge < -0.3 is 11.1 Å². The molecule has 0 aromatic carbocycles. The van der Waals surface area contributed by atoms with Gasteiger partial charge in [-0.1, -0.05) is 13.8 Å². The minimum absolute atomic E-state index is 0.0894. The molecular weight excluding hydrogens is 190 g/mol. The SMILES string of the molecule is CC(C)CCNC(=O)C(C)N(C)CCN. The van der Waals surface area contributed by atoms with Gasteiger partial charge in [0.1, 0.15) is 0 Å². The molecule has 0 saturated heterocycles. The lowest BCUT2D eigenvalue weighted by Crippen LogP contribution is -2.45. The zero-order valence-electron chi connectivity index (χ0n) is 10.4. The van der Waals surface area contributed by atoms with Crippen LogP contribution in [0.2, 0.25) is 0 Å². The molecule has 90 valence electrons. The number of nitrogens with zero attached hydrogens (tertiary/aromatic N) is 1. The molecule has 0 radical (unpaired) electrons. The van der Waals surface area contributed by atoms with Crippen molar-refractivity contribution in [3.05, 3.63) is 0 Å². The highest BCUT2D eigenvalue weighted by atomic mass is 16.2. The highest BCUT2D eigenvalue weighted by Crippen LogP contribution is 1.98. The maximum absolute atomic E-state index is 11.6. The molecule has 0 heterocycles. The predicted molar refractivity (Wildman–Crippen MR) is 63.6 cm³/mol. The average molecular weight is 215 g/mol. The third-order valence-electron chi connectivity index (χ3n) is 2.54. The molecule has 0 spiro atoms. The van der Waals surface area contributed by atoms with Crippen molar-refractivity contribution < 1.29 is 4.79 Å². The van der Waals surface area contributed by atoms with Crippen molar-refractivity contribution in [2.75, 3.05) is 26.7 Å². The van der Waals surface area contributed by atoms with Gasteiger partial charge in [0.2, 0.25) is 5.91 Å². The van der Waals surface area contributed by atoms with Gasteiger partial charge in [-0.25, -0.2) is 0 Å². The minimum atomic E-state index is -0.0966. The first kappa shape index (κ1) is 14.4. The van der Waals surface area contributed by atoms with Crippen LogP contribution >= 0.6 is 0 Å². The van der Waals surface area contributed by atoms with E-state index in [2.05, 4.69) is 19.2 Å². The Kier molecular flexibility index (Phi) is 7.34. The summed E-state index contributed by atoms with van der Waals surface area (Å²) in [5.41, 5.74) is 5.43. The van der Waals surface area contributed by atoms with Gasteiger partial charge in [-0.05, 0) is 26.3 Å². The van der Waals surface area contributed by atoms with Crippen molar-refractivity contribution in [3.8, 4) is 0 Å². The Morgan fingerprint density at radius 3 is 2.47 bits per heavy atom. The maximum atomic E-state index is 11.6. The number of rotatable bonds is 7. The molecule has 1 amide bonds. The lowest BCUT2D eigenvalue weighted by Gasteiger charge is -2.23. The molecule has 1 unspecified atom stereocenters. The third kappa shape index (κ3) is 6.47. The summed E-state index contributed by atoms with van der Waals surface area (Å²) in [7, 11) is 1.92. The maximum Gasteiger partial charge on any atom is 0.237 e. The Balaban J connectivity index is 3.78. The molecule has 0 aromatic rings. The largest absolute Gasteiger partial charge is 0.355 e. The van der Waals surface area contributed by atoms with Gasteiger partial charge in [0.15, 0.2) is 0 Å². The molecule has 0 saturated carbocycles. The van der Waals surface area contributed by atoms with Crippen LogP contribution in [0.15, 0.2) is 0 Å². The average Bonchev–Trinajstić information content (AvgIpc) is 2.16. The summed E-state index contributed by atoms with van der Waals surface area (Å²) < 4.78 is 0. The standard InChI is InChI=1S/C11H25N3O/c1-9(2)5-7-13-11(15)10(3)14(4)8-6-12/h9-10H,5-8,12H2,1-4H3,(H,13,15). The normalized spacial score (nSPS) is 13.3. The van der Waals surface area contributed by atoms with Gasteiger partial charge in [-0.3, -0.25) is 9.69 Å². The van der Waals surface area contributed by atoms with Crippen molar-refractivity contribution in [2.45, 2.75) is 33.2 Å². The monoisotopic (exact) mass is 215 g/mol. The van der Waals surface area contributed by atoms with E-state index in [0.717, 1.165) is 19.5 Å². The van der Waals surface area contributed by atoms with Gasteiger partial charge in [0.25, 0.3) is 0 Å². The quantitative estimate of drug-likeness (QED) is 0.647. The van der Waals surface area contributed by atoms with Crippen LogP contribution in [0.3, 0.4) is 0 Å². The molecule has 0 aliphatic carbocycles. The first-order chi connectivity index (χ1) is 6.99. The molecule has 15 heavy (non-hydrogen) atoms. The first-order valence-electron chi connectivity index (χ1n) is 5.67. The third-order valence-corrected chi connectivity index (χ3v) is 2.54. The highest BCUT2D eigenvalue weighted by molar-refractivity contribution is 5.81. The summed E-state index contributed by atoms with van der Waals surface area (Å²) in [6.45, 7) is 8.29. The lowest BCUT2D eigenvalue weighted by molar-refractivity contribution is -0.125. The summed E-state index contributed by atoms with van der Waals surface area (Å²) >= 11 is 0. The van der Waals surface area contributed by atoms with E-state index in [0.29, 0.717) is 12.5 Å². The van der Waals surface area contributed by atoms with Crippen LogP contribution < -0.4 is 11.1 Å². The zero-order chi connectivity index (χ0) is 11.8. The fraction of sp³-hybridized carbons (Fsp3) is 0.909. The van der Waals surface area contributed by atoms with E-state index in [1.165, 1.54) is 0 Å². The van der Waals surface area contributed by atoms with Gasteiger partial charge in [0, 0.05) is 19.6 Å². The number of amides is 1. The summed E-state index contributed by atoms with van der Waals surface area (Å²) in [6.07, 6.45) is 1.03. The van der Waals surface area contributed by atoms with Crippen molar-refractivity contribution in [1.82, 2.24) is 10.2 Å². The summed E-state index contributed by atoms with van der Waals surface area (Å²) in [5, 5.41) is 2.93. The Morgan fingerprint density at radius 1 is 1.40 bits per heavy atom. The van der Waals surface area contributed by atoms with Crippen LogP contribution in [0.5, 0.6) is 0 Å². The van der Waals surface area contributed by atoms with Gasteiger partial charge in [-0.15, -0.1) is 0 Å². The van der Waals surface area contributed by atoms with Crippen LogP contribution in [-0.2, 0) is 4.79 Å². The Labute approximate surface area is 93.2 Å². The smallest absolute Gasteiger partial charge is 0.237 e. The van der Waals surface area contributed by atoms with Crippen LogP contribution in [-0.4, -0.2) is 43.5 Å². The fourth-order valence-electron chi connectivity index (χ4n) is 1.23. The summed E-state index contributed by atoms with van der Waals surface area (Å²) in [5.74, 6) is 0.717. The molecule has 4 heteroatoms. The van der Waals surface area contributed by atoms with Gasteiger partial charge >= 0.3 is 0 Å². The van der Waals surface area contributed by atoms with Crippen LogP contribution in [0.4, 0.5) is 0 Å². The predicted octanol–water partition coefficient (Wildman–Crippen LogP) is 0.428. The van der Waals surface area contributed by atoms with E-state index in [-0.39, 0.29) is 11.9 Å². The summed E-state index contributed by atoms with van der Waals surface area (Å²) in [4.78, 5) is 13.6. The van der Waals surface area contributed by atoms with Crippen molar-refractivity contribution >= 4 is 5.91 Å². The van der Waals surface area contributed by atoms with E-state index >= 15 is 0 Å². The number of nitrogens with two attached hydrogens (primary N) is 1. The van der Waals surface area contributed by atoms with E-state index in [1.54, 1.807) is 0 Å². The Hall–Kier alpha value is -0.610. The lowest BCUT2D eigenvalue weighted by atomic mass is 10.1.